The lowest BCUT2D eigenvalue weighted by molar-refractivity contribution is -0.935. The van der Waals surface area contributed by atoms with Crippen molar-refractivity contribution in [2.24, 2.45) is 0 Å². The van der Waals surface area contributed by atoms with Gasteiger partial charge in [-0.1, -0.05) is 0 Å². The number of unbranched alkanes of at least 4 members (excludes halogenated alkanes) is 1. The molecule has 382 valence electrons. The number of likely N-dealkylation sites (N-methyl/N-ethyl adjacent to an activating group) is 2. The Morgan fingerprint density at radius 3 is 1.04 bits per heavy atom. The van der Waals surface area contributed by atoms with Gasteiger partial charge in [0.05, 0.1) is 125 Å². The smallest absolute Gasteiger partial charge is 0.305 e. The largest absolute Gasteiger partial charge is 0.493 e. The highest BCUT2D eigenvalue weighted by Gasteiger charge is 2.43. The van der Waals surface area contributed by atoms with Crippen molar-refractivity contribution in [3.8, 4) is 57.5 Å². The molecule has 0 spiro atoms. The number of rotatable bonds is 25. The number of nitrogens with zero attached hydrogens (tertiary/aromatic N) is 2. The standard InChI is InChI=1S/C54H74N2O14/c1-55(23-19-35-27-41(59-3)43(61-5)33-39(35)51(55)37-29-45(63-7)53(67-11)46(30-37)64-8)21-15-25-69-49(57)17-13-14-18-50(58)70-26-16-22-56(2)24-20-36-28-42(60-4)44(62-6)34-40(36)52(56)38-31-47(65-9)54(68-12)48(32-38)66-10/h27-34,51-52H,13-26H2,1-12H3/q+2/t51-,52+,55-,56+. The van der Waals surface area contributed by atoms with Crippen molar-refractivity contribution < 1.29 is 75.4 Å². The van der Waals surface area contributed by atoms with E-state index >= 15 is 0 Å². The Hall–Kier alpha value is -6.26. The fraction of sp³-hybridized carbons (Fsp3) is 0.519. The SMILES string of the molecule is COc1cc2c(cc1OC)[C@@H](c1cc(OC)c(OC)c(OC)c1)[N@+](C)(CCCOC(=O)CCCCC(=O)OCCC[N@@+]1(C)CCc3cc(OC)c(OC)cc3[C@@H]1c1cc(OC)c(OC)c(OC)c1)CC2. The van der Waals surface area contributed by atoms with Gasteiger partial charge in [-0.3, -0.25) is 9.59 Å². The number of carbonyl (C=O) groups is 2. The van der Waals surface area contributed by atoms with Gasteiger partial charge in [-0.15, -0.1) is 0 Å². The van der Waals surface area contributed by atoms with Crippen LogP contribution < -0.4 is 47.4 Å². The average molecular weight is 975 g/mol. The van der Waals surface area contributed by atoms with Crippen LogP contribution in [0.4, 0.5) is 0 Å². The molecule has 16 heteroatoms. The van der Waals surface area contributed by atoms with Crippen LogP contribution in [0.2, 0.25) is 0 Å². The van der Waals surface area contributed by atoms with Crippen LogP contribution in [-0.2, 0) is 31.9 Å². The van der Waals surface area contributed by atoms with E-state index in [1.807, 2.05) is 24.3 Å². The lowest BCUT2D eigenvalue weighted by Gasteiger charge is -2.46. The van der Waals surface area contributed by atoms with Crippen LogP contribution in [0.15, 0.2) is 48.5 Å². The summed E-state index contributed by atoms with van der Waals surface area (Å²) in [5, 5.41) is 0. The van der Waals surface area contributed by atoms with Gasteiger partial charge in [-0.2, -0.15) is 0 Å². The summed E-state index contributed by atoms with van der Waals surface area (Å²) < 4.78 is 70.0. The van der Waals surface area contributed by atoms with Crippen molar-refractivity contribution in [1.82, 2.24) is 0 Å². The summed E-state index contributed by atoms with van der Waals surface area (Å²) in [4.78, 5) is 25.9. The van der Waals surface area contributed by atoms with Crippen LogP contribution in [-0.4, -0.2) is 145 Å². The van der Waals surface area contributed by atoms with Gasteiger partial charge in [0.2, 0.25) is 11.5 Å². The molecule has 0 fully saturated rings. The van der Waals surface area contributed by atoms with Gasteiger partial charge in [0.1, 0.15) is 12.1 Å². The van der Waals surface area contributed by atoms with E-state index in [2.05, 4.69) is 38.4 Å². The maximum Gasteiger partial charge on any atom is 0.305 e. The van der Waals surface area contributed by atoms with E-state index in [0.29, 0.717) is 92.1 Å². The zero-order chi connectivity index (χ0) is 50.6. The van der Waals surface area contributed by atoms with Gasteiger partial charge in [0.25, 0.3) is 0 Å². The minimum atomic E-state index is -0.282. The molecule has 70 heavy (non-hydrogen) atoms. The van der Waals surface area contributed by atoms with Crippen molar-refractivity contribution >= 4 is 11.9 Å². The molecule has 0 aromatic heterocycles. The molecule has 0 saturated carbocycles. The van der Waals surface area contributed by atoms with E-state index in [4.69, 9.17) is 56.8 Å². The third-order valence-electron chi connectivity index (χ3n) is 14.1. The second kappa shape index (κ2) is 24.0. The van der Waals surface area contributed by atoms with Crippen LogP contribution in [0.25, 0.3) is 0 Å². The minimum Gasteiger partial charge on any atom is -0.493 e. The molecule has 6 rings (SSSR count). The minimum absolute atomic E-state index is 0.125. The molecule has 0 bridgehead atoms. The third kappa shape index (κ3) is 11.5. The van der Waals surface area contributed by atoms with E-state index in [1.54, 1.807) is 71.1 Å². The fourth-order valence-electron chi connectivity index (χ4n) is 10.5. The topological polar surface area (TPSA) is 145 Å². The summed E-state index contributed by atoms with van der Waals surface area (Å²) in [5.41, 5.74) is 6.57. The monoisotopic (exact) mass is 975 g/mol. The summed E-state index contributed by atoms with van der Waals surface area (Å²) in [6.07, 6.45) is 4.43. The summed E-state index contributed by atoms with van der Waals surface area (Å²) in [7, 11) is 20.7. The molecule has 4 atom stereocenters. The molecule has 16 nitrogen and oxygen atoms in total. The first-order chi connectivity index (χ1) is 33.8. The van der Waals surface area contributed by atoms with E-state index in [9.17, 15) is 9.59 Å². The number of ether oxygens (including phenoxy) is 12. The van der Waals surface area contributed by atoms with Gasteiger partial charge in [0, 0.05) is 60.8 Å². The Bertz CT molecular complexity index is 2230. The molecule has 0 aliphatic carbocycles. The summed E-state index contributed by atoms with van der Waals surface area (Å²) in [5.74, 6) is 5.43. The fourth-order valence-corrected chi connectivity index (χ4v) is 10.5. The lowest BCUT2D eigenvalue weighted by atomic mass is 9.85. The molecule has 0 N–H and O–H groups in total. The Labute approximate surface area is 413 Å². The molecular weight excluding hydrogens is 901 g/mol. The summed E-state index contributed by atoms with van der Waals surface area (Å²) >= 11 is 0. The number of hydrogen-bond donors (Lipinski definition) is 0. The van der Waals surface area contributed by atoms with Crippen molar-refractivity contribution in [3.05, 3.63) is 81.9 Å². The maximum atomic E-state index is 12.9. The lowest BCUT2D eigenvalue weighted by Crippen LogP contribution is -2.52. The number of fused-ring (bicyclic) bond motifs is 2. The number of carbonyl (C=O) groups excluding carboxylic acids is 2. The zero-order valence-electron chi connectivity index (χ0n) is 43.3. The van der Waals surface area contributed by atoms with Crippen LogP contribution in [0.5, 0.6) is 57.5 Å². The van der Waals surface area contributed by atoms with Gasteiger partial charge in [-0.25, -0.2) is 0 Å². The Kier molecular flexibility index (Phi) is 18.2. The molecule has 2 aliphatic rings. The van der Waals surface area contributed by atoms with Crippen LogP contribution >= 0.6 is 0 Å². The molecule has 2 aliphatic heterocycles. The summed E-state index contributed by atoms with van der Waals surface area (Å²) in [6.45, 7) is 3.69. The van der Waals surface area contributed by atoms with Crippen molar-refractivity contribution in [2.75, 3.05) is 125 Å². The maximum absolute atomic E-state index is 12.9. The van der Waals surface area contributed by atoms with E-state index < -0.39 is 0 Å². The normalized spacial score (nSPS) is 19.1. The van der Waals surface area contributed by atoms with Crippen molar-refractivity contribution in [1.29, 1.82) is 0 Å². The highest BCUT2D eigenvalue weighted by Crippen LogP contribution is 2.50. The van der Waals surface area contributed by atoms with E-state index in [-0.39, 0.29) is 50.1 Å². The molecule has 0 saturated heterocycles. The molecule has 2 heterocycles. The van der Waals surface area contributed by atoms with Gasteiger partial charge < -0.3 is 65.8 Å². The molecular formula is C54H74N2O14+2. The molecule has 4 aromatic rings. The van der Waals surface area contributed by atoms with E-state index in [1.165, 1.54) is 11.1 Å². The first-order valence-corrected chi connectivity index (χ1v) is 23.9. The van der Waals surface area contributed by atoms with Gasteiger partial charge >= 0.3 is 11.9 Å². The van der Waals surface area contributed by atoms with E-state index in [0.717, 1.165) is 61.3 Å². The highest BCUT2D eigenvalue weighted by molar-refractivity contribution is 5.70. The molecule has 0 amide bonds. The number of benzene rings is 4. The first kappa shape index (κ1) is 53.1. The number of hydrogen-bond acceptors (Lipinski definition) is 14. The first-order valence-electron chi connectivity index (χ1n) is 23.9. The van der Waals surface area contributed by atoms with Crippen molar-refractivity contribution in [2.45, 2.75) is 63.5 Å². The summed E-state index contributed by atoms with van der Waals surface area (Å²) in [6, 6.07) is 16.0. The molecule has 0 unspecified atom stereocenters. The quantitative estimate of drug-likeness (QED) is 0.0358. The number of quaternary nitrogens is 2. The Morgan fingerprint density at radius 2 is 0.743 bits per heavy atom. The number of esters is 2. The highest BCUT2D eigenvalue weighted by atomic mass is 16.6. The Balaban J connectivity index is 1.01. The second-order valence-electron chi connectivity index (χ2n) is 18.2. The van der Waals surface area contributed by atoms with Gasteiger partial charge in [0.15, 0.2) is 46.0 Å². The predicted octanol–water partition coefficient (Wildman–Crippen LogP) is 8.08. The predicted molar refractivity (Wildman–Crippen MR) is 264 cm³/mol. The number of methoxy groups -OCH3 is 10. The molecule has 0 radical (unpaired) electrons. The van der Waals surface area contributed by atoms with Gasteiger partial charge in [-0.05, 0) is 72.5 Å². The third-order valence-corrected chi connectivity index (χ3v) is 14.1. The van der Waals surface area contributed by atoms with Crippen molar-refractivity contribution in [3.63, 3.8) is 0 Å². The second-order valence-corrected chi connectivity index (χ2v) is 18.2. The Morgan fingerprint density at radius 1 is 0.429 bits per heavy atom. The van der Waals surface area contributed by atoms with Crippen LogP contribution in [0.1, 0.15) is 84.0 Å². The van der Waals surface area contributed by atoms with Crippen LogP contribution in [0.3, 0.4) is 0 Å². The average Bonchev–Trinajstić information content (AvgIpc) is 3.38. The molecule has 4 aromatic carbocycles. The zero-order valence-corrected chi connectivity index (χ0v) is 43.3. The van der Waals surface area contributed by atoms with Crippen LogP contribution in [0, 0.1) is 0 Å².